The third-order valence-electron chi connectivity index (χ3n) is 2.97. The highest BCUT2D eigenvalue weighted by atomic mass is 16.6. The third kappa shape index (κ3) is 4.36. The number of nitrogens with one attached hydrogen (secondary N) is 2. The molecule has 0 radical (unpaired) electrons. The molecule has 2 rings (SSSR count). The van der Waals surface area contributed by atoms with Crippen LogP contribution < -0.4 is 10.8 Å². The van der Waals surface area contributed by atoms with Gasteiger partial charge in [-0.05, 0) is 18.6 Å². The first-order valence-electron chi connectivity index (χ1n) is 7.03. The Morgan fingerprint density at radius 2 is 2.19 bits per heavy atom. The van der Waals surface area contributed by atoms with E-state index in [4.69, 9.17) is 9.25 Å². The van der Waals surface area contributed by atoms with Crippen LogP contribution in [0.3, 0.4) is 0 Å². The predicted molar refractivity (Wildman–Crippen MR) is 82.3 cm³/mol. The van der Waals surface area contributed by atoms with E-state index in [1.165, 1.54) is 0 Å². The molecule has 0 fully saturated rings. The smallest absolute Gasteiger partial charge is 0.248 e. The fourth-order valence-electron chi connectivity index (χ4n) is 1.83. The first kappa shape index (κ1) is 15.1. The minimum Gasteiger partial charge on any atom is -0.454 e. The number of carbonyl (C=O) groups excluding carboxylic acids is 1. The van der Waals surface area contributed by atoms with Crippen molar-refractivity contribution in [1.82, 2.24) is 10.8 Å². The first-order chi connectivity index (χ1) is 10.2. The van der Waals surface area contributed by atoms with E-state index in [9.17, 15) is 4.79 Å². The Hall–Kier alpha value is -2.27. The SMILES string of the molecule is C=C(NOCC(=O)NCCCC)c1cc2ccccc2o1. The first-order valence-corrected chi connectivity index (χ1v) is 7.03. The molecule has 0 aliphatic rings. The van der Waals surface area contributed by atoms with E-state index in [0.717, 1.165) is 23.8 Å². The summed E-state index contributed by atoms with van der Waals surface area (Å²) in [6.45, 7) is 6.51. The van der Waals surface area contributed by atoms with E-state index in [-0.39, 0.29) is 12.5 Å². The maximum atomic E-state index is 11.4. The number of hydrogen-bond donors (Lipinski definition) is 2. The Kier molecular flexibility index (Phi) is 5.40. The number of furan rings is 1. The van der Waals surface area contributed by atoms with Gasteiger partial charge in [0.15, 0.2) is 12.4 Å². The molecule has 1 heterocycles. The van der Waals surface area contributed by atoms with Crippen LogP contribution in [0.15, 0.2) is 41.3 Å². The molecular formula is C16H20N2O3. The van der Waals surface area contributed by atoms with Crippen molar-refractivity contribution in [2.24, 2.45) is 0 Å². The molecular weight excluding hydrogens is 268 g/mol. The molecule has 5 heteroatoms. The second-order valence-electron chi connectivity index (χ2n) is 4.72. The van der Waals surface area contributed by atoms with Gasteiger partial charge in [0.1, 0.15) is 5.58 Å². The molecule has 2 N–H and O–H groups in total. The van der Waals surface area contributed by atoms with Gasteiger partial charge >= 0.3 is 0 Å². The molecule has 0 aliphatic heterocycles. The Balaban J connectivity index is 1.78. The van der Waals surface area contributed by atoms with E-state index in [1.807, 2.05) is 30.3 Å². The molecule has 2 aromatic rings. The largest absolute Gasteiger partial charge is 0.454 e. The van der Waals surface area contributed by atoms with E-state index in [1.54, 1.807) is 0 Å². The molecule has 1 aromatic carbocycles. The van der Waals surface area contributed by atoms with Crippen molar-refractivity contribution in [1.29, 1.82) is 0 Å². The second-order valence-corrected chi connectivity index (χ2v) is 4.72. The summed E-state index contributed by atoms with van der Waals surface area (Å²) < 4.78 is 5.62. The number of fused-ring (bicyclic) bond motifs is 1. The molecule has 0 atom stereocenters. The maximum absolute atomic E-state index is 11.4. The maximum Gasteiger partial charge on any atom is 0.248 e. The Labute approximate surface area is 123 Å². The van der Waals surface area contributed by atoms with Crippen molar-refractivity contribution in [2.45, 2.75) is 19.8 Å². The molecule has 0 aliphatic carbocycles. The van der Waals surface area contributed by atoms with Gasteiger partial charge in [-0.1, -0.05) is 38.1 Å². The number of rotatable bonds is 8. The summed E-state index contributed by atoms with van der Waals surface area (Å²) in [7, 11) is 0. The number of unbranched alkanes of at least 4 members (excludes halogenated alkanes) is 1. The van der Waals surface area contributed by atoms with Crippen LogP contribution in [0.2, 0.25) is 0 Å². The fourth-order valence-corrected chi connectivity index (χ4v) is 1.83. The molecule has 0 saturated heterocycles. The summed E-state index contributed by atoms with van der Waals surface area (Å²) in [5.41, 5.74) is 3.90. The van der Waals surface area contributed by atoms with Gasteiger partial charge in [-0.2, -0.15) is 0 Å². The highest BCUT2D eigenvalue weighted by Gasteiger charge is 2.07. The lowest BCUT2D eigenvalue weighted by Gasteiger charge is -2.08. The van der Waals surface area contributed by atoms with Crippen LogP contribution in [0.25, 0.3) is 16.7 Å². The number of benzene rings is 1. The molecule has 0 bridgehead atoms. The zero-order valence-electron chi connectivity index (χ0n) is 12.1. The predicted octanol–water partition coefficient (Wildman–Crippen LogP) is 2.84. The molecule has 112 valence electrons. The average Bonchev–Trinajstić information content (AvgIpc) is 2.91. The van der Waals surface area contributed by atoms with Crippen LogP contribution in [0.1, 0.15) is 25.5 Å². The van der Waals surface area contributed by atoms with E-state index in [0.29, 0.717) is 18.0 Å². The zero-order valence-corrected chi connectivity index (χ0v) is 12.1. The lowest BCUT2D eigenvalue weighted by Crippen LogP contribution is -2.30. The molecule has 0 unspecified atom stereocenters. The van der Waals surface area contributed by atoms with Crippen LogP contribution >= 0.6 is 0 Å². The summed E-state index contributed by atoms with van der Waals surface area (Å²) in [4.78, 5) is 16.6. The molecule has 5 nitrogen and oxygen atoms in total. The normalized spacial score (nSPS) is 10.5. The van der Waals surface area contributed by atoms with Gasteiger partial charge in [0.25, 0.3) is 0 Å². The van der Waals surface area contributed by atoms with Crippen molar-refractivity contribution < 1.29 is 14.0 Å². The summed E-state index contributed by atoms with van der Waals surface area (Å²) in [5.74, 6) is 0.427. The Morgan fingerprint density at radius 1 is 1.38 bits per heavy atom. The van der Waals surface area contributed by atoms with Crippen LogP contribution in [0.4, 0.5) is 0 Å². The van der Waals surface area contributed by atoms with Crippen molar-refractivity contribution >= 4 is 22.6 Å². The van der Waals surface area contributed by atoms with Gasteiger partial charge in [-0.25, -0.2) is 0 Å². The van der Waals surface area contributed by atoms with Crippen molar-refractivity contribution in [2.75, 3.05) is 13.2 Å². The topological polar surface area (TPSA) is 63.5 Å². The Bertz CT molecular complexity index is 586. The zero-order chi connectivity index (χ0) is 15.1. The van der Waals surface area contributed by atoms with E-state index >= 15 is 0 Å². The van der Waals surface area contributed by atoms with Gasteiger partial charge < -0.3 is 9.73 Å². The van der Waals surface area contributed by atoms with Crippen LogP contribution in [0.5, 0.6) is 0 Å². The number of hydroxylamine groups is 1. The quantitative estimate of drug-likeness (QED) is 0.579. The van der Waals surface area contributed by atoms with Crippen LogP contribution in [0, 0.1) is 0 Å². The van der Waals surface area contributed by atoms with Gasteiger partial charge in [0.05, 0.1) is 5.70 Å². The van der Waals surface area contributed by atoms with Gasteiger partial charge in [0, 0.05) is 11.9 Å². The lowest BCUT2D eigenvalue weighted by molar-refractivity contribution is -0.127. The van der Waals surface area contributed by atoms with E-state index in [2.05, 4.69) is 24.3 Å². The average molecular weight is 288 g/mol. The second kappa shape index (κ2) is 7.50. The minimum atomic E-state index is -0.159. The van der Waals surface area contributed by atoms with Gasteiger partial charge in [-0.3, -0.25) is 15.1 Å². The third-order valence-corrected chi connectivity index (χ3v) is 2.97. The summed E-state index contributed by atoms with van der Waals surface area (Å²) in [6.07, 6.45) is 2.01. The number of para-hydroxylation sites is 1. The molecule has 1 amide bonds. The minimum absolute atomic E-state index is 0.0665. The van der Waals surface area contributed by atoms with E-state index < -0.39 is 0 Å². The van der Waals surface area contributed by atoms with Crippen LogP contribution in [-0.4, -0.2) is 19.1 Å². The number of amides is 1. The van der Waals surface area contributed by atoms with Crippen molar-refractivity contribution in [3.63, 3.8) is 0 Å². The molecule has 0 saturated carbocycles. The summed E-state index contributed by atoms with van der Waals surface area (Å²) in [5, 5.41) is 3.75. The highest BCUT2D eigenvalue weighted by molar-refractivity contribution is 5.81. The van der Waals surface area contributed by atoms with Gasteiger partial charge in [0.2, 0.25) is 5.91 Å². The molecule has 21 heavy (non-hydrogen) atoms. The summed E-state index contributed by atoms with van der Waals surface area (Å²) >= 11 is 0. The standard InChI is InChI=1S/C16H20N2O3/c1-3-4-9-17-16(19)11-20-18-12(2)15-10-13-7-5-6-8-14(13)21-15/h5-8,10,18H,2-4,9,11H2,1H3,(H,17,19). The monoisotopic (exact) mass is 288 g/mol. The van der Waals surface area contributed by atoms with Crippen molar-refractivity contribution in [3.8, 4) is 0 Å². The van der Waals surface area contributed by atoms with Crippen molar-refractivity contribution in [3.05, 3.63) is 42.7 Å². The number of hydrogen-bond acceptors (Lipinski definition) is 4. The molecule has 1 aromatic heterocycles. The Morgan fingerprint density at radius 3 is 2.95 bits per heavy atom. The summed E-state index contributed by atoms with van der Waals surface area (Å²) in [6, 6.07) is 9.55. The van der Waals surface area contributed by atoms with Gasteiger partial charge in [-0.15, -0.1) is 0 Å². The number of carbonyl (C=O) groups is 1. The fraction of sp³-hybridized carbons (Fsp3) is 0.312. The lowest BCUT2D eigenvalue weighted by atomic mass is 10.2. The van der Waals surface area contributed by atoms with Crippen LogP contribution in [-0.2, 0) is 9.63 Å². The highest BCUT2D eigenvalue weighted by Crippen LogP contribution is 2.22. The molecule has 0 spiro atoms.